The van der Waals surface area contributed by atoms with Crippen molar-refractivity contribution in [2.75, 3.05) is 11.4 Å². The number of nitrogens with zero attached hydrogens (tertiary/aromatic N) is 1. The molecule has 1 aliphatic rings. The lowest BCUT2D eigenvalue weighted by Gasteiger charge is -2.35. The minimum absolute atomic E-state index is 0.272. The Hall–Kier alpha value is -1.82. The van der Waals surface area contributed by atoms with Crippen molar-refractivity contribution < 1.29 is 14.7 Å². The summed E-state index contributed by atoms with van der Waals surface area (Å²) in [5.41, 5.74) is 7.16. The third kappa shape index (κ3) is 3.85. The van der Waals surface area contributed by atoms with Gasteiger partial charge in [0.05, 0.1) is 0 Å². The summed E-state index contributed by atoms with van der Waals surface area (Å²) >= 11 is 3.43. The molecule has 0 bridgehead atoms. The SMILES string of the molecule is NC(=O)C1CCCCN1c1ccc(/C=C/C(=O)O)c(Br)c1. The maximum atomic E-state index is 11.6. The Bertz CT molecular complexity index is 586. The molecule has 2 rings (SSSR count). The van der Waals surface area contributed by atoms with Crippen LogP contribution in [0.1, 0.15) is 24.8 Å². The molecule has 0 spiro atoms. The van der Waals surface area contributed by atoms with E-state index in [-0.39, 0.29) is 11.9 Å². The highest BCUT2D eigenvalue weighted by molar-refractivity contribution is 9.10. The van der Waals surface area contributed by atoms with Gasteiger partial charge in [-0.05, 0) is 43.0 Å². The van der Waals surface area contributed by atoms with Crippen molar-refractivity contribution in [2.45, 2.75) is 25.3 Å². The Kier molecular flexibility index (Phi) is 5.01. The first kappa shape index (κ1) is 15.6. The molecule has 1 fully saturated rings. The third-order valence-electron chi connectivity index (χ3n) is 3.55. The van der Waals surface area contributed by atoms with Crippen LogP contribution in [0.15, 0.2) is 28.7 Å². The maximum absolute atomic E-state index is 11.6. The number of nitrogens with two attached hydrogens (primary N) is 1. The van der Waals surface area contributed by atoms with Crippen LogP contribution in [0, 0.1) is 0 Å². The number of carboxylic acid groups (broad SMARTS) is 1. The lowest BCUT2D eigenvalue weighted by molar-refractivity contribution is -0.131. The summed E-state index contributed by atoms with van der Waals surface area (Å²) in [7, 11) is 0. The Morgan fingerprint density at radius 2 is 2.14 bits per heavy atom. The highest BCUT2D eigenvalue weighted by atomic mass is 79.9. The summed E-state index contributed by atoms with van der Waals surface area (Å²) in [6.07, 6.45) is 5.42. The standard InChI is InChI=1S/C15H17BrN2O3/c16-12-9-11(6-4-10(12)5-7-14(19)20)18-8-2-1-3-13(18)15(17)21/h4-7,9,13H,1-3,8H2,(H2,17,21)(H,19,20)/b7-5+. The molecule has 3 N–H and O–H groups in total. The van der Waals surface area contributed by atoms with Gasteiger partial charge < -0.3 is 15.7 Å². The Morgan fingerprint density at radius 1 is 1.38 bits per heavy atom. The van der Waals surface area contributed by atoms with Crippen LogP contribution in [0.2, 0.25) is 0 Å². The Labute approximate surface area is 131 Å². The van der Waals surface area contributed by atoms with Crippen molar-refractivity contribution in [3.8, 4) is 0 Å². The molecule has 0 aliphatic carbocycles. The molecule has 6 heteroatoms. The molecule has 1 aliphatic heterocycles. The van der Waals surface area contributed by atoms with Gasteiger partial charge in [0.2, 0.25) is 5.91 Å². The number of aliphatic carboxylic acids is 1. The van der Waals surface area contributed by atoms with E-state index in [9.17, 15) is 9.59 Å². The zero-order valence-corrected chi connectivity index (χ0v) is 13.0. The average molecular weight is 353 g/mol. The van der Waals surface area contributed by atoms with Gasteiger partial charge in [0, 0.05) is 22.8 Å². The Morgan fingerprint density at radius 3 is 2.76 bits per heavy atom. The van der Waals surface area contributed by atoms with Gasteiger partial charge in [-0.25, -0.2) is 4.79 Å². The predicted molar refractivity (Wildman–Crippen MR) is 85.0 cm³/mol. The van der Waals surface area contributed by atoms with E-state index in [1.165, 1.54) is 6.08 Å². The molecular formula is C15H17BrN2O3. The number of primary amides is 1. The van der Waals surface area contributed by atoms with Crippen molar-refractivity contribution in [3.63, 3.8) is 0 Å². The molecular weight excluding hydrogens is 336 g/mol. The number of piperidine rings is 1. The van der Waals surface area contributed by atoms with Gasteiger partial charge >= 0.3 is 5.97 Å². The normalized spacial score (nSPS) is 18.9. The van der Waals surface area contributed by atoms with Crippen molar-refractivity contribution >= 4 is 39.6 Å². The molecule has 0 radical (unpaired) electrons. The summed E-state index contributed by atoms with van der Waals surface area (Å²) in [5.74, 6) is -1.29. The molecule has 21 heavy (non-hydrogen) atoms. The van der Waals surface area contributed by atoms with E-state index in [1.807, 2.05) is 23.1 Å². The first-order valence-corrected chi connectivity index (χ1v) is 7.55. The summed E-state index contributed by atoms with van der Waals surface area (Å²) in [5, 5.41) is 8.66. The van der Waals surface area contributed by atoms with Crippen LogP contribution in [-0.4, -0.2) is 29.6 Å². The molecule has 1 amide bonds. The number of halogens is 1. The summed E-state index contributed by atoms with van der Waals surface area (Å²) < 4.78 is 0.784. The van der Waals surface area contributed by atoms with Crippen LogP contribution in [0.5, 0.6) is 0 Å². The van der Waals surface area contributed by atoms with Crippen LogP contribution in [0.3, 0.4) is 0 Å². The highest BCUT2D eigenvalue weighted by Gasteiger charge is 2.27. The highest BCUT2D eigenvalue weighted by Crippen LogP contribution is 2.29. The van der Waals surface area contributed by atoms with Crippen LogP contribution in [0.4, 0.5) is 5.69 Å². The predicted octanol–water partition coefficient (Wildman–Crippen LogP) is 2.39. The average Bonchev–Trinajstić information content (AvgIpc) is 2.45. The first-order chi connectivity index (χ1) is 9.99. The van der Waals surface area contributed by atoms with Crippen molar-refractivity contribution in [1.29, 1.82) is 0 Å². The van der Waals surface area contributed by atoms with E-state index in [0.29, 0.717) is 0 Å². The monoisotopic (exact) mass is 352 g/mol. The van der Waals surface area contributed by atoms with Gasteiger partial charge in [-0.3, -0.25) is 4.79 Å². The lowest BCUT2D eigenvalue weighted by Crippen LogP contribution is -2.47. The fourth-order valence-corrected chi connectivity index (χ4v) is 3.03. The van der Waals surface area contributed by atoms with Gasteiger partial charge in [-0.15, -0.1) is 0 Å². The van der Waals surface area contributed by atoms with Crippen LogP contribution < -0.4 is 10.6 Å². The van der Waals surface area contributed by atoms with Gasteiger partial charge in [-0.2, -0.15) is 0 Å². The molecule has 1 heterocycles. The molecule has 1 saturated heterocycles. The number of carbonyl (C=O) groups is 2. The van der Waals surface area contributed by atoms with E-state index in [0.717, 1.165) is 47.6 Å². The molecule has 5 nitrogen and oxygen atoms in total. The maximum Gasteiger partial charge on any atom is 0.328 e. The number of hydrogen-bond acceptors (Lipinski definition) is 3. The van der Waals surface area contributed by atoms with Crippen molar-refractivity contribution in [1.82, 2.24) is 0 Å². The quantitative estimate of drug-likeness (QED) is 0.815. The van der Waals surface area contributed by atoms with Crippen molar-refractivity contribution in [3.05, 3.63) is 34.3 Å². The number of hydrogen-bond donors (Lipinski definition) is 2. The second kappa shape index (κ2) is 6.76. The largest absolute Gasteiger partial charge is 0.478 e. The molecule has 1 unspecified atom stereocenters. The number of amides is 1. The van der Waals surface area contributed by atoms with Crippen LogP contribution in [-0.2, 0) is 9.59 Å². The first-order valence-electron chi connectivity index (χ1n) is 6.75. The van der Waals surface area contributed by atoms with Crippen molar-refractivity contribution in [2.24, 2.45) is 5.73 Å². The smallest absolute Gasteiger partial charge is 0.328 e. The van der Waals surface area contributed by atoms with Gasteiger partial charge in [-0.1, -0.05) is 22.0 Å². The molecule has 1 aromatic carbocycles. The third-order valence-corrected chi connectivity index (χ3v) is 4.24. The number of carbonyl (C=O) groups excluding carboxylic acids is 1. The fraction of sp³-hybridized carbons (Fsp3) is 0.333. The van der Waals surface area contributed by atoms with Gasteiger partial charge in [0.15, 0.2) is 0 Å². The zero-order chi connectivity index (χ0) is 15.4. The summed E-state index contributed by atoms with van der Waals surface area (Å²) in [6, 6.07) is 5.33. The summed E-state index contributed by atoms with van der Waals surface area (Å²) in [6.45, 7) is 0.796. The van der Waals surface area contributed by atoms with E-state index in [2.05, 4.69) is 15.9 Å². The molecule has 1 atom stereocenters. The van der Waals surface area contributed by atoms with Crippen LogP contribution in [0.25, 0.3) is 6.08 Å². The van der Waals surface area contributed by atoms with E-state index in [4.69, 9.17) is 10.8 Å². The van der Waals surface area contributed by atoms with E-state index < -0.39 is 5.97 Å². The Balaban J connectivity index is 2.26. The number of benzene rings is 1. The summed E-state index contributed by atoms with van der Waals surface area (Å²) in [4.78, 5) is 24.1. The van der Waals surface area contributed by atoms with E-state index >= 15 is 0 Å². The minimum atomic E-state index is -0.990. The lowest BCUT2D eigenvalue weighted by atomic mass is 10.0. The van der Waals surface area contributed by atoms with Gasteiger partial charge in [0.25, 0.3) is 0 Å². The molecule has 112 valence electrons. The number of rotatable bonds is 4. The zero-order valence-electron chi connectivity index (χ0n) is 11.5. The molecule has 1 aromatic rings. The van der Waals surface area contributed by atoms with E-state index in [1.54, 1.807) is 0 Å². The fourth-order valence-electron chi connectivity index (χ4n) is 2.53. The van der Waals surface area contributed by atoms with Crippen LogP contribution >= 0.6 is 15.9 Å². The number of anilines is 1. The number of carboxylic acids is 1. The molecule has 0 saturated carbocycles. The second-order valence-electron chi connectivity index (χ2n) is 4.98. The van der Waals surface area contributed by atoms with Gasteiger partial charge in [0.1, 0.15) is 6.04 Å². The minimum Gasteiger partial charge on any atom is -0.478 e. The topological polar surface area (TPSA) is 83.6 Å². The molecule has 0 aromatic heterocycles. The second-order valence-corrected chi connectivity index (χ2v) is 5.84.